The Morgan fingerprint density at radius 3 is 2.44 bits per heavy atom. The van der Waals surface area contributed by atoms with Crippen molar-refractivity contribution < 1.29 is 4.79 Å². The molecule has 1 saturated carbocycles. The number of amides is 1. The Morgan fingerprint density at radius 1 is 1.22 bits per heavy atom. The first-order valence-corrected chi connectivity index (χ1v) is 6.59. The molecule has 1 aliphatic rings. The van der Waals surface area contributed by atoms with Crippen molar-refractivity contribution in [2.24, 2.45) is 0 Å². The van der Waals surface area contributed by atoms with Crippen molar-refractivity contribution in [1.82, 2.24) is 20.6 Å². The van der Waals surface area contributed by atoms with E-state index in [1.165, 1.54) is 6.33 Å². The summed E-state index contributed by atoms with van der Waals surface area (Å²) in [5.74, 6) is -0.0671. The monoisotopic (exact) mass is 248 g/mol. The van der Waals surface area contributed by atoms with Gasteiger partial charge in [0.25, 0.3) is 5.91 Å². The van der Waals surface area contributed by atoms with Crippen LogP contribution in [0.4, 0.5) is 0 Å². The Kier molecular flexibility index (Phi) is 4.64. The lowest BCUT2D eigenvalue weighted by molar-refractivity contribution is 0.0923. The van der Waals surface area contributed by atoms with E-state index >= 15 is 0 Å². The molecule has 1 aromatic heterocycles. The van der Waals surface area contributed by atoms with E-state index in [2.05, 4.69) is 27.5 Å². The first kappa shape index (κ1) is 13.0. The summed E-state index contributed by atoms with van der Waals surface area (Å²) in [6, 6.07) is 0.899. The SMILES string of the molecule is CCNC1CCC(NC(=O)c2cncnc2)CC1. The Hall–Kier alpha value is -1.49. The molecule has 0 bridgehead atoms. The fraction of sp³-hybridized carbons (Fsp3) is 0.615. The van der Waals surface area contributed by atoms with Crippen LogP contribution in [0.5, 0.6) is 0 Å². The molecule has 0 saturated heterocycles. The second-order valence-electron chi connectivity index (χ2n) is 4.71. The van der Waals surface area contributed by atoms with Crippen molar-refractivity contribution in [2.45, 2.75) is 44.7 Å². The van der Waals surface area contributed by atoms with Crippen LogP contribution >= 0.6 is 0 Å². The van der Waals surface area contributed by atoms with Crippen LogP contribution in [0.3, 0.4) is 0 Å². The number of rotatable bonds is 4. The predicted octanol–water partition coefficient (Wildman–Crippen LogP) is 1.13. The molecule has 1 aromatic rings. The average Bonchev–Trinajstić information content (AvgIpc) is 2.42. The van der Waals surface area contributed by atoms with Gasteiger partial charge in [0, 0.05) is 24.5 Å². The summed E-state index contributed by atoms with van der Waals surface area (Å²) in [4.78, 5) is 19.6. The lowest BCUT2D eigenvalue weighted by Gasteiger charge is -2.29. The molecule has 0 atom stereocenters. The Morgan fingerprint density at radius 2 is 1.83 bits per heavy atom. The highest BCUT2D eigenvalue weighted by atomic mass is 16.1. The maximum atomic E-state index is 11.9. The molecule has 5 heteroatoms. The second kappa shape index (κ2) is 6.44. The number of nitrogens with zero attached hydrogens (tertiary/aromatic N) is 2. The van der Waals surface area contributed by atoms with Gasteiger partial charge in [0.2, 0.25) is 0 Å². The molecule has 0 radical (unpaired) electrons. The van der Waals surface area contributed by atoms with Crippen molar-refractivity contribution in [3.8, 4) is 0 Å². The summed E-state index contributed by atoms with van der Waals surface area (Å²) in [5, 5.41) is 6.51. The topological polar surface area (TPSA) is 66.9 Å². The van der Waals surface area contributed by atoms with Crippen LogP contribution in [0.15, 0.2) is 18.7 Å². The van der Waals surface area contributed by atoms with Gasteiger partial charge in [-0.2, -0.15) is 0 Å². The molecule has 5 nitrogen and oxygen atoms in total. The fourth-order valence-electron chi connectivity index (χ4n) is 2.42. The molecule has 18 heavy (non-hydrogen) atoms. The predicted molar refractivity (Wildman–Crippen MR) is 69.2 cm³/mol. The molecule has 2 N–H and O–H groups in total. The van der Waals surface area contributed by atoms with E-state index in [0.29, 0.717) is 11.6 Å². The number of aromatic nitrogens is 2. The summed E-state index contributed by atoms with van der Waals surface area (Å²) in [7, 11) is 0. The third-order valence-corrected chi connectivity index (χ3v) is 3.38. The van der Waals surface area contributed by atoms with Crippen LogP contribution in [0, 0.1) is 0 Å². The van der Waals surface area contributed by atoms with E-state index in [1.54, 1.807) is 12.4 Å². The van der Waals surface area contributed by atoms with Crippen LogP contribution in [-0.2, 0) is 0 Å². The van der Waals surface area contributed by atoms with Gasteiger partial charge in [-0.25, -0.2) is 9.97 Å². The minimum absolute atomic E-state index is 0.0671. The van der Waals surface area contributed by atoms with Gasteiger partial charge in [-0.3, -0.25) is 4.79 Å². The van der Waals surface area contributed by atoms with Crippen LogP contribution in [0.2, 0.25) is 0 Å². The van der Waals surface area contributed by atoms with Crippen LogP contribution < -0.4 is 10.6 Å². The van der Waals surface area contributed by atoms with Gasteiger partial charge in [0.05, 0.1) is 5.56 Å². The zero-order valence-corrected chi connectivity index (χ0v) is 10.7. The highest BCUT2D eigenvalue weighted by molar-refractivity contribution is 5.93. The molecule has 1 fully saturated rings. The van der Waals surface area contributed by atoms with Gasteiger partial charge in [0.15, 0.2) is 0 Å². The van der Waals surface area contributed by atoms with Crippen molar-refractivity contribution in [3.05, 3.63) is 24.3 Å². The van der Waals surface area contributed by atoms with Gasteiger partial charge in [-0.15, -0.1) is 0 Å². The Balaban J connectivity index is 1.80. The molecule has 0 unspecified atom stereocenters. The molecular formula is C13H20N4O. The molecule has 1 heterocycles. The largest absolute Gasteiger partial charge is 0.349 e. The molecule has 98 valence electrons. The van der Waals surface area contributed by atoms with Gasteiger partial charge >= 0.3 is 0 Å². The molecule has 2 rings (SSSR count). The van der Waals surface area contributed by atoms with Crippen molar-refractivity contribution in [3.63, 3.8) is 0 Å². The highest BCUT2D eigenvalue weighted by Gasteiger charge is 2.22. The van der Waals surface area contributed by atoms with Gasteiger partial charge < -0.3 is 10.6 Å². The minimum atomic E-state index is -0.0671. The molecule has 0 spiro atoms. The summed E-state index contributed by atoms with van der Waals surface area (Å²) in [6.07, 6.45) is 8.86. The van der Waals surface area contributed by atoms with Gasteiger partial charge in [-0.05, 0) is 32.2 Å². The number of carbonyl (C=O) groups excluding carboxylic acids is 1. The van der Waals surface area contributed by atoms with Gasteiger partial charge in [0.1, 0.15) is 6.33 Å². The average molecular weight is 248 g/mol. The fourth-order valence-corrected chi connectivity index (χ4v) is 2.42. The van der Waals surface area contributed by atoms with Crippen LogP contribution in [0.1, 0.15) is 43.0 Å². The van der Waals surface area contributed by atoms with E-state index in [4.69, 9.17) is 0 Å². The van der Waals surface area contributed by atoms with Crippen molar-refractivity contribution >= 4 is 5.91 Å². The van der Waals surface area contributed by atoms with E-state index in [9.17, 15) is 4.79 Å². The van der Waals surface area contributed by atoms with E-state index in [0.717, 1.165) is 32.2 Å². The molecule has 0 aromatic carbocycles. The number of hydrogen-bond donors (Lipinski definition) is 2. The van der Waals surface area contributed by atoms with Crippen LogP contribution in [-0.4, -0.2) is 34.5 Å². The normalized spacial score (nSPS) is 23.6. The van der Waals surface area contributed by atoms with Gasteiger partial charge in [-0.1, -0.05) is 6.92 Å². The maximum Gasteiger partial charge on any atom is 0.254 e. The minimum Gasteiger partial charge on any atom is -0.349 e. The summed E-state index contributed by atoms with van der Waals surface area (Å²) in [6.45, 7) is 3.15. The second-order valence-corrected chi connectivity index (χ2v) is 4.71. The smallest absolute Gasteiger partial charge is 0.254 e. The standard InChI is InChI=1S/C13H20N4O/c1-2-16-11-3-5-12(6-4-11)17-13(18)10-7-14-9-15-8-10/h7-9,11-12,16H,2-6H2,1H3,(H,17,18). The number of nitrogens with one attached hydrogen (secondary N) is 2. The quantitative estimate of drug-likeness (QED) is 0.838. The first-order valence-electron chi connectivity index (χ1n) is 6.59. The Bertz CT molecular complexity index is 374. The first-order chi connectivity index (χ1) is 8.79. The molecular weight excluding hydrogens is 228 g/mol. The van der Waals surface area contributed by atoms with E-state index in [1.807, 2.05) is 0 Å². The lowest BCUT2D eigenvalue weighted by atomic mass is 9.91. The summed E-state index contributed by atoms with van der Waals surface area (Å²) in [5.41, 5.74) is 0.534. The Labute approximate surface area is 107 Å². The molecule has 0 aliphatic heterocycles. The van der Waals surface area contributed by atoms with Crippen molar-refractivity contribution in [1.29, 1.82) is 0 Å². The summed E-state index contributed by atoms with van der Waals surface area (Å²) < 4.78 is 0. The number of carbonyl (C=O) groups is 1. The number of hydrogen-bond acceptors (Lipinski definition) is 4. The molecule has 1 aliphatic carbocycles. The zero-order valence-electron chi connectivity index (χ0n) is 10.7. The maximum absolute atomic E-state index is 11.9. The third-order valence-electron chi connectivity index (χ3n) is 3.38. The van der Waals surface area contributed by atoms with E-state index < -0.39 is 0 Å². The highest BCUT2D eigenvalue weighted by Crippen LogP contribution is 2.18. The summed E-state index contributed by atoms with van der Waals surface area (Å²) >= 11 is 0. The third kappa shape index (κ3) is 3.50. The van der Waals surface area contributed by atoms with Crippen molar-refractivity contribution in [2.75, 3.05) is 6.54 Å². The van der Waals surface area contributed by atoms with Crippen LogP contribution in [0.25, 0.3) is 0 Å². The van der Waals surface area contributed by atoms with E-state index in [-0.39, 0.29) is 11.9 Å². The zero-order chi connectivity index (χ0) is 12.8. The lowest BCUT2D eigenvalue weighted by Crippen LogP contribution is -2.42. The molecule has 1 amide bonds.